The Morgan fingerprint density at radius 3 is 2.92 bits per heavy atom. The van der Waals surface area contributed by atoms with Gasteiger partial charge in [-0.2, -0.15) is 5.10 Å². The number of rotatable bonds is 4. The van der Waals surface area contributed by atoms with E-state index in [-0.39, 0.29) is 12.4 Å². The number of carbonyl (C=O) groups is 1. The molecule has 0 saturated heterocycles. The Kier molecular flexibility index (Phi) is 5.08. The van der Waals surface area contributed by atoms with E-state index >= 15 is 0 Å². The maximum atomic E-state index is 12.1. The number of phenols is 1. The van der Waals surface area contributed by atoms with Crippen LogP contribution in [0.5, 0.6) is 23.0 Å². The van der Waals surface area contributed by atoms with Crippen LogP contribution in [0.2, 0.25) is 0 Å². The third-order valence-electron chi connectivity index (χ3n) is 3.46. The van der Waals surface area contributed by atoms with Gasteiger partial charge in [-0.15, -0.1) is 0 Å². The fourth-order valence-corrected chi connectivity index (χ4v) is 2.67. The normalized spacial score (nSPS) is 15.8. The molecule has 7 nitrogen and oxygen atoms in total. The molecule has 0 fully saturated rings. The first-order valence-electron chi connectivity index (χ1n) is 7.36. The van der Waals surface area contributed by atoms with Crippen LogP contribution in [-0.2, 0) is 4.79 Å². The van der Waals surface area contributed by atoms with Gasteiger partial charge in [0.25, 0.3) is 5.91 Å². The van der Waals surface area contributed by atoms with Crippen LogP contribution in [0.4, 0.5) is 0 Å². The van der Waals surface area contributed by atoms with Gasteiger partial charge in [-0.05, 0) is 45.8 Å². The lowest BCUT2D eigenvalue weighted by atomic mass is 10.2. The fraction of sp³-hybridized carbons (Fsp3) is 0.176. The summed E-state index contributed by atoms with van der Waals surface area (Å²) < 4.78 is 16.6. The van der Waals surface area contributed by atoms with E-state index < -0.39 is 12.0 Å². The number of nitrogens with zero attached hydrogens (tertiary/aromatic N) is 1. The fourth-order valence-electron chi connectivity index (χ4n) is 2.22. The maximum Gasteiger partial charge on any atom is 0.284 e. The molecule has 0 aliphatic carbocycles. The molecule has 1 amide bonds. The molecular weight excluding hydrogens is 392 g/mol. The quantitative estimate of drug-likeness (QED) is 0.601. The summed E-state index contributed by atoms with van der Waals surface area (Å²) in [6.45, 7) is 0.108. The number of carbonyl (C=O) groups excluding carboxylic acids is 1. The maximum absolute atomic E-state index is 12.1. The zero-order valence-electron chi connectivity index (χ0n) is 13.2. The second-order valence-corrected chi connectivity index (χ2v) is 6.01. The smallest absolute Gasteiger partial charge is 0.284 e. The monoisotopic (exact) mass is 406 g/mol. The molecule has 1 aliphatic rings. The molecule has 0 aromatic heterocycles. The van der Waals surface area contributed by atoms with Crippen LogP contribution in [0.1, 0.15) is 5.56 Å². The molecule has 0 bridgehead atoms. The summed E-state index contributed by atoms with van der Waals surface area (Å²) >= 11 is 3.22. The van der Waals surface area contributed by atoms with E-state index in [0.29, 0.717) is 27.3 Å². The molecule has 0 saturated carbocycles. The van der Waals surface area contributed by atoms with Gasteiger partial charge in [-0.1, -0.05) is 12.1 Å². The van der Waals surface area contributed by atoms with Gasteiger partial charge in [0, 0.05) is 0 Å². The van der Waals surface area contributed by atoms with E-state index in [2.05, 4.69) is 26.5 Å². The van der Waals surface area contributed by atoms with Crippen molar-refractivity contribution in [2.45, 2.75) is 6.10 Å². The molecule has 0 spiro atoms. The van der Waals surface area contributed by atoms with Crippen LogP contribution in [0, 0.1) is 0 Å². The van der Waals surface area contributed by atoms with Crippen LogP contribution < -0.4 is 19.6 Å². The third kappa shape index (κ3) is 3.85. The first-order chi connectivity index (χ1) is 12.1. The molecule has 1 atom stereocenters. The number of amides is 1. The molecule has 2 aromatic rings. The average Bonchev–Trinajstić information content (AvgIpc) is 2.63. The lowest BCUT2D eigenvalue weighted by Gasteiger charge is -2.24. The number of ether oxygens (including phenoxy) is 3. The Morgan fingerprint density at radius 2 is 2.16 bits per heavy atom. The minimum absolute atomic E-state index is 0.00453. The van der Waals surface area contributed by atoms with Crippen molar-refractivity contribution in [1.82, 2.24) is 5.43 Å². The van der Waals surface area contributed by atoms with Gasteiger partial charge >= 0.3 is 0 Å². The Labute approximate surface area is 152 Å². The van der Waals surface area contributed by atoms with Crippen molar-refractivity contribution in [3.63, 3.8) is 0 Å². The molecule has 2 aromatic carbocycles. The predicted molar refractivity (Wildman–Crippen MR) is 94.4 cm³/mol. The number of hydrazone groups is 1. The molecular formula is C17H15BrN2O5. The molecule has 2 N–H and O–H groups in total. The molecule has 8 heteroatoms. The van der Waals surface area contributed by atoms with Gasteiger partial charge in [0.2, 0.25) is 6.10 Å². The highest BCUT2D eigenvalue weighted by Crippen LogP contribution is 2.34. The van der Waals surface area contributed by atoms with Crippen molar-refractivity contribution < 1.29 is 24.1 Å². The van der Waals surface area contributed by atoms with E-state index in [1.165, 1.54) is 13.3 Å². The number of methoxy groups -OCH3 is 1. The van der Waals surface area contributed by atoms with Crippen molar-refractivity contribution in [3.05, 3.63) is 46.4 Å². The summed E-state index contributed by atoms with van der Waals surface area (Å²) in [4.78, 5) is 12.1. The zero-order valence-corrected chi connectivity index (χ0v) is 14.8. The number of hydrogen-bond donors (Lipinski definition) is 2. The van der Waals surface area contributed by atoms with Gasteiger partial charge in [-0.25, -0.2) is 5.43 Å². The molecule has 3 rings (SSSR count). The Hall–Kier alpha value is -2.74. The van der Waals surface area contributed by atoms with Crippen molar-refractivity contribution in [1.29, 1.82) is 0 Å². The summed E-state index contributed by atoms with van der Waals surface area (Å²) in [5.74, 6) is 0.995. The van der Waals surface area contributed by atoms with Crippen molar-refractivity contribution >= 4 is 28.1 Å². The second-order valence-electron chi connectivity index (χ2n) is 5.15. The van der Waals surface area contributed by atoms with Crippen LogP contribution in [-0.4, -0.2) is 37.0 Å². The Bertz CT molecular complexity index is 825. The summed E-state index contributed by atoms with van der Waals surface area (Å²) in [5, 5.41) is 13.7. The highest BCUT2D eigenvalue weighted by molar-refractivity contribution is 9.10. The third-order valence-corrected chi connectivity index (χ3v) is 4.06. The highest BCUT2D eigenvalue weighted by Gasteiger charge is 2.26. The van der Waals surface area contributed by atoms with Gasteiger partial charge < -0.3 is 19.3 Å². The Morgan fingerprint density at radius 1 is 1.40 bits per heavy atom. The van der Waals surface area contributed by atoms with Crippen LogP contribution in [0.15, 0.2) is 46.0 Å². The number of para-hydroxylation sites is 2. The topological polar surface area (TPSA) is 89.4 Å². The van der Waals surface area contributed by atoms with Gasteiger partial charge in [0.05, 0.1) is 17.8 Å². The van der Waals surface area contributed by atoms with Gasteiger partial charge in [0.1, 0.15) is 6.61 Å². The second kappa shape index (κ2) is 7.43. The molecule has 0 unspecified atom stereocenters. The molecule has 1 heterocycles. The number of nitrogens with one attached hydrogen (secondary N) is 1. The minimum atomic E-state index is -0.784. The Balaban J connectivity index is 1.63. The number of hydrogen-bond acceptors (Lipinski definition) is 6. The lowest BCUT2D eigenvalue weighted by Crippen LogP contribution is -2.42. The SMILES string of the molecule is COc1cc(/C=N\NC(=O)[C@@H]2COc3ccccc3O2)cc(Br)c1O. The zero-order chi connectivity index (χ0) is 17.8. The van der Waals surface area contributed by atoms with Crippen LogP contribution >= 0.6 is 15.9 Å². The van der Waals surface area contributed by atoms with Crippen molar-refractivity contribution in [3.8, 4) is 23.0 Å². The summed E-state index contributed by atoms with van der Waals surface area (Å²) in [5.41, 5.74) is 3.04. The first-order valence-corrected chi connectivity index (χ1v) is 8.15. The number of halogens is 1. The van der Waals surface area contributed by atoms with Gasteiger partial charge in [-0.3, -0.25) is 4.79 Å². The predicted octanol–water partition coefficient (Wildman–Crippen LogP) is 2.45. The standard InChI is InChI=1S/C17H15BrN2O5/c1-23-14-7-10(6-11(18)16(14)21)8-19-20-17(22)15-9-24-12-4-2-3-5-13(12)25-15/h2-8,15,21H,9H2,1H3,(H,20,22)/b19-8-/t15-/m0/s1. The lowest BCUT2D eigenvalue weighted by molar-refractivity contribution is -0.130. The minimum Gasteiger partial charge on any atom is -0.503 e. The molecule has 1 aliphatic heterocycles. The van der Waals surface area contributed by atoms with E-state index in [0.717, 1.165) is 0 Å². The van der Waals surface area contributed by atoms with E-state index in [9.17, 15) is 9.90 Å². The highest BCUT2D eigenvalue weighted by atomic mass is 79.9. The number of phenolic OH excluding ortho intramolecular Hbond substituents is 1. The summed E-state index contributed by atoms with van der Waals surface area (Å²) in [6, 6.07) is 10.4. The largest absolute Gasteiger partial charge is 0.503 e. The van der Waals surface area contributed by atoms with Crippen LogP contribution in [0.25, 0.3) is 0 Å². The van der Waals surface area contributed by atoms with E-state index in [4.69, 9.17) is 14.2 Å². The van der Waals surface area contributed by atoms with E-state index in [1.54, 1.807) is 30.3 Å². The van der Waals surface area contributed by atoms with Crippen molar-refractivity contribution in [2.75, 3.05) is 13.7 Å². The van der Waals surface area contributed by atoms with E-state index in [1.807, 2.05) is 6.07 Å². The van der Waals surface area contributed by atoms with Crippen LogP contribution in [0.3, 0.4) is 0 Å². The van der Waals surface area contributed by atoms with Gasteiger partial charge in [0.15, 0.2) is 23.0 Å². The number of fused-ring (bicyclic) bond motifs is 1. The molecule has 25 heavy (non-hydrogen) atoms. The average molecular weight is 407 g/mol. The number of aromatic hydroxyl groups is 1. The summed E-state index contributed by atoms with van der Waals surface area (Å²) in [7, 11) is 1.45. The summed E-state index contributed by atoms with van der Waals surface area (Å²) in [6.07, 6.45) is 0.649. The molecule has 130 valence electrons. The molecule has 0 radical (unpaired) electrons. The number of benzene rings is 2. The van der Waals surface area contributed by atoms with Crippen molar-refractivity contribution in [2.24, 2.45) is 5.10 Å². The first kappa shape index (κ1) is 17.1.